The van der Waals surface area contributed by atoms with Gasteiger partial charge in [0.25, 0.3) is 0 Å². The molecule has 2 nitrogen and oxygen atoms in total. The summed E-state index contributed by atoms with van der Waals surface area (Å²) in [6.45, 7) is 41.2. The Morgan fingerprint density at radius 3 is 1.74 bits per heavy atom. The van der Waals surface area contributed by atoms with E-state index in [9.17, 15) is 4.79 Å². The summed E-state index contributed by atoms with van der Waals surface area (Å²) < 4.78 is 8.21. The summed E-state index contributed by atoms with van der Waals surface area (Å²) >= 11 is -3.24. The maximum atomic E-state index is 14.3. The number of methoxy groups -OCH3 is 1. The van der Waals surface area contributed by atoms with Crippen LogP contribution in [-0.2, 0) is 25.8 Å². The Balaban J connectivity index is 2.25. The summed E-state index contributed by atoms with van der Waals surface area (Å²) in [5.41, 5.74) is 9.01. The molecule has 0 aliphatic carbocycles. The van der Waals surface area contributed by atoms with E-state index < -0.39 is 21.2 Å². The zero-order valence-corrected chi connectivity index (χ0v) is 35.9. The Morgan fingerprint density at radius 2 is 1.35 bits per heavy atom. The zero-order chi connectivity index (χ0) is 35.1. The van der Waals surface area contributed by atoms with Crippen molar-refractivity contribution in [1.82, 2.24) is 0 Å². The average molecular weight is 708 g/mol. The van der Waals surface area contributed by atoms with E-state index in [1.165, 1.54) is 22.3 Å². The summed E-state index contributed by atoms with van der Waals surface area (Å²) in [6.07, 6.45) is 1.16. The first-order valence-electron chi connectivity index (χ1n) is 18.0. The molecule has 0 bridgehead atoms. The SMILES string of the molecule is COC(=O)[C@@H]1[CH2][Ge@]([c]2c(C(C)C)cc(C(C)C)cc2C(C)C)([C](C)(C)C)[C@H]2CC(C)(C)c3cc(C(C)(C)C)cc(C(C)(C)C)c3[P@]12. The number of esters is 1. The molecule has 256 valence electrons. The van der Waals surface area contributed by atoms with Gasteiger partial charge in [0.2, 0.25) is 0 Å². The summed E-state index contributed by atoms with van der Waals surface area (Å²) in [4.78, 5) is 14.3. The first-order valence-corrected chi connectivity index (χ1v) is 24.3. The molecule has 0 aromatic heterocycles. The third-order valence-electron chi connectivity index (χ3n) is 11.6. The molecule has 2 aliphatic rings. The number of hydrogen-bond donors (Lipinski definition) is 0. The quantitative estimate of drug-likeness (QED) is 0.176. The number of fused-ring (bicyclic) bond motifs is 3. The van der Waals surface area contributed by atoms with E-state index in [0.717, 1.165) is 11.7 Å². The predicted molar refractivity (Wildman–Crippen MR) is 206 cm³/mol. The second kappa shape index (κ2) is 12.3. The number of hydrogen-bond acceptors (Lipinski definition) is 2. The number of benzene rings is 2. The van der Waals surface area contributed by atoms with Crippen LogP contribution in [0.3, 0.4) is 0 Å². The fourth-order valence-electron chi connectivity index (χ4n) is 8.86. The normalized spacial score (nSPS) is 24.8. The molecule has 4 atom stereocenters. The maximum absolute atomic E-state index is 14.3. The minimum absolute atomic E-state index is 0.0146. The van der Waals surface area contributed by atoms with E-state index in [1.807, 2.05) is 0 Å². The Kier molecular flexibility index (Phi) is 10.1. The molecule has 0 unspecified atom stereocenters. The summed E-state index contributed by atoms with van der Waals surface area (Å²) in [5, 5.41) is 2.59. The van der Waals surface area contributed by atoms with Gasteiger partial charge >= 0.3 is 289 Å². The number of carbonyl (C=O) groups is 1. The van der Waals surface area contributed by atoms with Crippen LogP contribution in [0.25, 0.3) is 0 Å². The Morgan fingerprint density at radius 1 is 0.826 bits per heavy atom. The van der Waals surface area contributed by atoms with E-state index in [4.69, 9.17) is 4.74 Å². The molecule has 0 saturated carbocycles. The summed E-state index contributed by atoms with van der Waals surface area (Å²) in [6, 6.07) is 10.3. The predicted octanol–water partition coefficient (Wildman–Crippen LogP) is 11.1. The van der Waals surface area contributed by atoms with Crippen molar-refractivity contribution in [2.24, 2.45) is 0 Å². The van der Waals surface area contributed by atoms with Crippen LogP contribution in [0.15, 0.2) is 24.3 Å². The van der Waals surface area contributed by atoms with Gasteiger partial charge in [-0.15, -0.1) is 0 Å². The monoisotopic (exact) mass is 708 g/mol. The van der Waals surface area contributed by atoms with E-state index in [0.29, 0.717) is 22.2 Å². The van der Waals surface area contributed by atoms with Gasteiger partial charge in [-0.3, -0.25) is 0 Å². The van der Waals surface area contributed by atoms with Crippen molar-refractivity contribution in [2.45, 2.75) is 178 Å². The third-order valence-corrected chi connectivity index (χ3v) is 33.0. The Bertz CT molecular complexity index is 1430. The molecule has 4 heteroatoms. The molecule has 46 heavy (non-hydrogen) atoms. The molecule has 4 rings (SSSR count). The van der Waals surface area contributed by atoms with Crippen LogP contribution in [0.2, 0.25) is 9.50 Å². The van der Waals surface area contributed by atoms with Crippen molar-refractivity contribution in [1.29, 1.82) is 0 Å². The topological polar surface area (TPSA) is 26.3 Å². The van der Waals surface area contributed by atoms with Crippen molar-refractivity contribution >= 4 is 36.9 Å². The van der Waals surface area contributed by atoms with E-state index in [2.05, 4.69) is 142 Å². The molecule has 0 spiro atoms. The Hall–Kier alpha value is -1.12. The van der Waals surface area contributed by atoms with E-state index in [1.54, 1.807) is 27.9 Å². The average Bonchev–Trinajstić information content (AvgIpc) is 3.25. The molecule has 0 N–H and O–H groups in total. The molecule has 2 heterocycles. The number of ether oxygens (including phenoxy) is 1. The van der Waals surface area contributed by atoms with Gasteiger partial charge in [0, 0.05) is 0 Å². The summed E-state index contributed by atoms with van der Waals surface area (Å²) in [5.74, 6) is 1.39. The van der Waals surface area contributed by atoms with Gasteiger partial charge in [0.1, 0.15) is 0 Å². The van der Waals surface area contributed by atoms with Gasteiger partial charge in [-0.2, -0.15) is 0 Å². The van der Waals surface area contributed by atoms with Crippen LogP contribution in [0, 0.1) is 0 Å². The minimum atomic E-state index is -3.24. The van der Waals surface area contributed by atoms with Crippen LogP contribution in [0.5, 0.6) is 0 Å². The van der Waals surface area contributed by atoms with Crippen LogP contribution in [-0.4, -0.2) is 36.5 Å². The molecule has 1 fully saturated rings. The van der Waals surface area contributed by atoms with E-state index in [-0.39, 0.29) is 32.1 Å². The zero-order valence-electron chi connectivity index (χ0n) is 32.9. The second-order valence-electron chi connectivity index (χ2n) is 19.4. The van der Waals surface area contributed by atoms with Crippen LogP contribution in [0.4, 0.5) is 0 Å². The number of rotatable bonds is 5. The van der Waals surface area contributed by atoms with Crippen LogP contribution >= 0.6 is 7.92 Å². The molecular weight excluding hydrogens is 640 g/mol. The molecule has 0 amide bonds. The van der Waals surface area contributed by atoms with Gasteiger partial charge in [-0.05, 0) is 0 Å². The molecule has 2 aromatic rings. The molecule has 1 saturated heterocycles. The molecule has 2 aromatic carbocycles. The van der Waals surface area contributed by atoms with Crippen molar-refractivity contribution in [3.05, 3.63) is 57.6 Å². The first kappa shape index (κ1) is 37.7. The fraction of sp³-hybridized carbons (Fsp3) is 0.690. The standard InChI is InChI=1S/C42H67GeO2P/c1-25(2)28-19-30(26(3)4)36(31(20-28)27(5)6)43(41(13,14)15)24-34(38(44)45-18)46-35(43)23-42(16,17)33-22-29(39(7,8)9)21-32(37(33)46)40(10,11)12/h19-22,25-27,34-35H,23-24H2,1-18H3/t34-,35+,43-,46+/m0/s1. The van der Waals surface area contributed by atoms with Crippen LogP contribution in [0.1, 0.15) is 175 Å². The second-order valence-corrected chi connectivity index (χ2v) is 33.6. The van der Waals surface area contributed by atoms with Crippen molar-refractivity contribution in [3.63, 3.8) is 0 Å². The van der Waals surface area contributed by atoms with Gasteiger partial charge in [-0.25, -0.2) is 0 Å². The van der Waals surface area contributed by atoms with Crippen molar-refractivity contribution in [3.8, 4) is 0 Å². The number of carbonyl (C=O) groups excluding carboxylic acids is 1. The fourth-order valence-corrected chi connectivity index (χ4v) is 37.6. The van der Waals surface area contributed by atoms with Crippen molar-refractivity contribution < 1.29 is 9.53 Å². The third kappa shape index (κ3) is 6.23. The van der Waals surface area contributed by atoms with Gasteiger partial charge in [-0.1, -0.05) is 0 Å². The first-order chi connectivity index (χ1) is 20.8. The Labute approximate surface area is 287 Å². The van der Waals surface area contributed by atoms with Crippen LogP contribution < -0.4 is 9.70 Å². The van der Waals surface area contributed by atoms with Crippen molar-refractivity contribution in [2.75, 3.05) is 7.11 Å². The van der Waals surface area contributed by atoms with Gasteiger partial charge in [0.05, 0.1) is 0 Å². The van der Waals surface area contributed by atoms with Gasteiger partial charge in [0.15, 0.2) is 0 Å². The molecular formula is C42H67GeO2P. The van der Waals surface area contributed by atoms with E-state index >= 15 is 0 Å². The molecule has 2 aliphatic heterocycles. The summed E-state index contributed by atoms with van der Waals surface area (Å²) in [7, 11) is 0.848. The molecule has 0 radical (unpaired) electrons. The van der Waals surface area contributed by atoms with Gasteiger partial charge < -0.3 is 0 Å².